The molecule has 15 heavy (non-hydrogen) atoms. The maximum Gasteiger partial charge on any atom is 0.116 e. The van der Waals surface area contributed by atoms with Crippen LogP contribution < -0.4 is 5.19 Å². The Balaban J connectivity index is 3.28. The molecule has 84 valence electrons. The smallest absolute Gasteiger partial charge is 0.116 e. The molecule has 0 saturated carbocycles. The van der Waals surface area contributed by atoms with Gasteiger partial charge in [-0.15, -0.1) is 0 Å². The number of aromatic hydroxyl groups is 1. The number of halogens is 1. The summed E-state index contributed by atoms with van der Waals surface area (Å²) < 4.78 is 1.19. The number of hydrogen-bond donors (Lipinski definition) is 1. The molecule has 1 N–H and O–H groups in total. The summed E-state index contributed by atoms with van der Waals surface area (Å²) in [6.07, 6.45) is 0. The Kier molecular flexibility index (Phi) is 3.55. The van der Waals surface area contributed by atoms with Crippen LogP contribution in [0, 0.1) is 3.57 Å². The van der Waals surface area contributed by atoms with Crippen LogP contribution in [-0.4, -0.2) is 13.2 Å². The summed E-state index contributed by atoms with van der Waals surface area (Å²) in [6.45, 7) is 11.7. The van der Waals surface area contributed by atoms with Crippen LogP contribution in [0.15, 0.2) is 18.2 Å². The largest absolute Gasteiger partial charge is 0.508 e. The Morgan fingerprint density at radius 1 is 1.20 bits per heavy atom. The third kappa shape index (κ3) is 2.56. The molecule has 0 heterocycles. The van der Waals surface area contributed by atoms with E-state index >= 15 is 0 Å². The minimum Gasteiger partial charge on any atom is -0.508 e. The molecule has 0 bridgehead atoms. The maximum absolute atomic E-state index is 9.42. The van der Waals surface area contributed by atoms with Crippen molar-refractivity contribution in [2.75, 3.05) is 0 Å². The molecule has 0 aromatic heterocycles. The van der Waals surface area contributed by atoms with Crippen molar-refractivity contribution >= 4 is 35.9 Å². The second-order valence-electron chi connectivity index (χ2n) is 5.54. The highest BCUT2D eigenvalue weighted by molar-refractivity contribution is 14.1. The van der Waals surface area contributed by atoms with Gasteiger partial charge in [0.1, 0.15) is 5.75 Å². The molecule has 0 fully saturated rings. The van der Waals surface area contributed by atoms with Gasteiger partial charge in [0, 0.05) is 3.57 Å². The van der Waals surface area contributed by atoms with E-state index in [0.717, 1.165) is 0 Å². The summed E-state index contributed by atoms with van der Waals surface area (Å²) in [6, 6.07) is 5.75. The predicted octanol–water partition coefficient (Wildman–Crippen LogP) is 3.71. The molecule has 1 aromatic rings. The molecule has 3 heteroatoms. The number of phenols is 1. The molecule has 0 aliphatic rings. The highest BCUT2D eigenvalue weighted by Crippen LogP contribution is 2.36. The SMILES string of the molecule is CC(C)(C)[Si](C)(C)c1ccc(O)cc1I. The second kappa shape index (κ2) is 4.09. The molecular weight excluding hydrogens is 315 g/mol. The van der Waals surface area contributed by atoms with Crippen LogP contribution in [0.25, 0.3) is 0 Å². The van der Waals surface area contributed by atoms with E-state index in [1.54, 1.807) is 6.07 Å². The van der Waals surface area contributed by atoms with Gasteiger partial charge in [-0.3, -0.25) is 0 Å². The predicted molar refractivity (Wildman–Crippen MR) is 77.7 cm³/mol. The van der Waals surface area contributed by atoms with Crippen LogP contribution in [-0.2, 0) is 0 Å². The van der Waals surface area contributed by atoms with Crippen molar-refractivity contribution in [2.45, 2.75) is 38.9 Å². The van der Waals surface area contributed by atoms with Gasteiger partial charge in [-0.25, -0.2) is 0 Å². The van der Waals surface area contributed by atoms with E-state index in [9.17, 15) is 5.11 Å². The van der Waals surface area contributed by atoms with Crippen molar-refractivity contribution in [2.24, 2.45) is 0 Å². The van der Waals surface area contributed by atoms with E-state index in [0.29, 0.717) is 10.8 Å². The first kappa shape index (κ1) is 13.0. The Bertz CT molecular complexity index is 366. The normalized spacial score (nSPS) is 12.9. The summed E-state index contributed by atoms with van der Waals surface area (Å²) >= 11 is 2.33. The molecule has 0 amide bonds. The fourth-order valence-corrected chi connectivity index (χ4v) is 5.91. The molecule has 0 aliphatic carbocycles. The minimum atomic E-state index is -1.47. The van der Waals surface area contributed by atoms with Crippen molar-refractivity contribution in [1.29, 1.82) is 0 Å². The van der Waals surface area contributed by atoms with Crippen LogP contribution >= 0.6 is 22.6 Å². The number of rotatable bonds is 1. The van der Waals surface area contributed by atoms with Gasteiger partial charge in [0.15, 0.2) is 0 Å². The van der Waals surface area contributed by atoms with E-state index < -0.39 is 8.07 Å². The first-order valence-corrected chi connectivity index (χ1v) is 9.23. The van der Waals surface area contributed by atoms with E-state index in [4.69, 9.17) is 0 Å². The fraction of sp³-hybridized carbons (Fsp3) is 0.500. The molecule has 1 rings (SSSR count). The lowest BCUT2D eigenvalue weighted by atomic mass is 10.2. The highest BCUT2D eigenvalue weighted by atomic mass is 127. The monoisotopic (exact) mass is 334 g/mol. The summed E-state index contributed by atoms with van der Waals surface area (Å²) in [7, 11) is -1.47. The average Bonchev–Trinajstić information content (AvgIpc) is 2.00. The zero-order valence-corrected chi connectivity index (χ0v) is 13.2. The van der Waals surface area contributed by atoms with E-state index in [2.05, 4.69) is 62.5 Å². The zero-order chi connectivity index (χ0) is 11.9. The fourth-order valence-electron chi connectivity index (χ4n) is 1.41. The first-order chi connectivity index (χ1) is 6.66. The van der Waals surface area contributed by atoms with Crippen LogP contribution in [0.2, 0.25) is 18.1 Å². The first-order valence-electron chi connectivity index (χ1n) is 5.15. The van der Waals surface area contributed by atoms with E-state index in [1.165, 1.54) is 8.76 Å². The lowest BCUT2D eigenvalue weighted by Gasteiger charge is -2.38. The third-order valence-electron chi connectivity index (χ3n) is 3.50. The summed E-state index contributed by atoms with van der Waals surface area (Å²) in [5, 5.41) is 11.2. The third-order valence-corrected chi connectivity index (χ3v) is 10.4. The summed E-state index contributed by atoms with van der Waals surface area (Å²) in [5.41, 5.74) is 0. The molecule has 0 saturated heterocycles. The maximum atomic E-state index is 9.42. The summed E-state index contributed by atoms with van der Waals surface area (Å²) in [4.78, 5) is 0. The zero-order valence-electron chi connectivity index (χ0n) is 10.1. The average molecular weight is 334 g/mol. The van der Waals surface area contributed by atoms with E-state index in [1.807, 2.05) is 6.07 Å². The lowest BCUT2D eigenvalue weighted by molar-refractivity contribution is 0.475. The topological polar surface area (TPSA) is 20.2 Å². The van der Waals surface area contributed by atoms with Crippen molar-refractivity contribution in [1.82, 2.24) is 0 Å². The van der Waals surface area contributed by atoms with Gasteiger partial charge in [0.05, 0.1) is 8.07 Å². The highest BCUT2D eigenvalue weighted by Gasteiger charge is 2.37. The number of phenolic OH excluding ortho intramolecular Hbond substituents is 1. The van der Waals surface area contributed by atoms with Gasteiger partial charge in [-0.2, -0.15) is 0 Å². The van der Waals surface area contributed by atoms with Gasteiger partial charge >= 0.3 is 0 Å². The molecule has 1 nitrogen and oxygen atoms in total. The van der Waals surface area contributed by atoms with Crippen LogP contribution in [0.5, 0.6) is 5.75 Å². The Hall–Kier alpha value is -0.0331. The van der Waals surface area contributed by atoms with Crippen molar-refractivity contribution < 1.29 is 5.11 Å². The van der Waals surface area contributed by atoms with Crippen LogP contribution in [0.3, 0.4) is 0 Å². The Morgan fingerprint density at radius 2 is 1.73 bits per heavy atom. The van der Waals surface area contributed by atoms with Gasteiger partial charge in [-0.1, -0.05) is 39.9 Å². The van der Waals surface area contributed by atoms with Gasteiger partial charge in [0.25, 0.3) is 0 Å². The molecular formula is C12H19IOSi. The van der Waals surface area contributed by atoms with E-state index in [-0.39, 0.29) is 0 Å². The molecule has 0 radical (unpaired) electrons. The quantitative estimate of drug-likeness (QED) is 0.613. The van der Waals surface area contributed by atoms with Crippen molar-refractivity contribution in [3.63, 3.8) is 0 Å². The van der Waals surface area contributed by atoms with Crippen LogP contribution in [0.1, 0.15) is 20.8 Å². The van der Waals surface area contributed by atoms with Gasteiger partial charge in [-0.05, 0) is 44.9 Å². The Morgan fingerprint density at radius 3 is 2.13 bits per heavy atom. The van der Waals surface area contributed by atoms with Crippen LogP contribution in [0.4, 0.5) is 0 Å². The van der Waals surface area contributed by atoms with Gasteiger partial charge < -0.3 is 5.11 Å². The molecule has 0 atom stereocenters. The van der Waals surface area contributed by atoms with Crippen molar-refractivity contribution in [3.8, 4) is 5.75 Å². The minimum absolute atomic E-state index is 0.337. The Labute approximate surface area is 107 Å². The van der Waals surface area contributed by atoms with Crippen molar-refractivity contribution in [3.05, 3.63) is 21.8 Å². The van der Waals surface area contributed by atoms with Gasteiger partial charge in [0.2, 0.25) is 0 Å². The number of hydrogen-bond acceptors (Lipinski definition) is 1. The standard InChI is InChI=1S/C12H19IOSi/c1-12(2,3)15(4,5)11-7-6-9(14)8-10(11)13/h6-8,14H,1-5H3. The molecule has 1 aromatic carbocycles. The summed E-state index contributed by atoms with van der Waals surface area (Å²) in [5.74, 6) is 0.363. The molecule has 0 unspecified atom stereocenters. The second-order valence-corrected chi connectivity index (χ2v) is 12.0. The lowest BCUT2D eigenvalue weighted by Crippen LogP contribution is -2.50. The molecule has 0 aliphatic heterocycles. The molecule has 0 spiro atoms. The number of benzene rings is 1.